The van der Waals surface area contributed by atoms with Crippen molar-refractivity contribution in [3.8, 4) is 22.4 Å². The minimum Gasteiger partial charge on any atom is -0.382 e. The summed E-state index contributed by atoms with van der Waals surface area (Å²) in [5, 5.41) is 9.32. The summed E-state index contributed by atoms with van der Waals surface area (Å²) in [5.41, 5.74) is 11.4. The highest BCUT2D eigenvalue weighted by Crippen LogP contribution is 2.36. The maximum atomic E-state index is 6.01. The van der Waals surface area contributed by atoms with Crippen molar-refractivity contribution in [1.29, 1.82) is 0 Å². The first-order valence-electron chi connectivity index (χ1n) is 5.80. The number of aromatic nitrogens is 2. The Morgan fingerprint density at radius 3 is 2.58 bits per heavy atom. The Kier molecular flexibility index (Phi) is 3.32. The predicted molar refractivity (Wildman–Crippen MR) is 89.2 cm³/mol. The van der Waals surface area contributed by atoms with E-state index in [1.54, 1.807) is 11.3 Å². The van der Waals surface area contributed by atoms with Crippen LogP contribution in [0.1, 0.15) is 5.56 Å². The zero-order chi connectivity index (χ0) is 13.4. The van der Waals surface area contributed by atoms with E-state index in [0.29, 0.717) is 5.82 Å². The average molecular weight is 381 g/mol. The quantitative estimate of drug-likeness (QED) is 0.651. The molecule has 3 aromatic rings. The molecule has 3 rings (SSSR count). The first-order chi connectivity index (χ1) is 9.15. The molecule has 0 amide bonds. The number of H-pyrrole nitrogens is 1. The Hall–Kier alpha value is -1.34. The van der Waals surface area contributed by atoms with Crippen LogP contribution >= 0.6 is 33.9 Å². The van der Waals surface area contributed by atoms with E-state index >= 15 is 0 Å². The second kappa shape index (κ2) is 4.97. The molecule has 2 heterocycles. The van der Waals surface area contributed by atoms with Crippen LogP contribution in [0, 0.1) is 9.81 Å². The third kappa shape index (κ3) is 2.40. The van der Waals surface area contributed by atoms with Crippen molar-refractivity contribution in [3.05, 3.63) is 44.2 Å². The fraction of sp³-hybridized carbons (Fsp3) is 0.0714. The summed E-state index contributed by atoms with van der Waals surface area (Å²) in [6, 6.07) is 10.5. The number of aryl methyl sites for hydroxylation is 1. The molecule has 0 bridgehead atoms. The van der Waals surface area contributed by atoms with Crippen molar-refractivity contribution in [1.82, 2.24) is 10.2 Å². The molecule has 0 radical (unpaired) electrons. The number of nitrogens with one attached hydrogen (secondary N) is 1. The second-order valence-electron chi connectivity index (χ2n) is 4.36. The zero-order valence-electron chi connectivity index (χ0n) is 10.3. The highest BCUT2D eigenvalue weighted by atomic mass is 127. The molecule has 5 heteroatoms. The van der Waals surface area contributed by atoms with Gasteiger partial charge in [-0.1, -0.05) is 29.8 Å². The molecule has 0 aliphatic carbocycles. The molecule has 0 saturated heterocycles. The van der Waals surface area contributed by atoms with Crippen LogP contribution in [0.4, 0.5) is 5.82 Å². The molecular weight excluding hydrogens is 369 g/mol. The first-order valence-corrected chi connectivity index (χ1v) is 7.76. The van der Waals surface area contributed by atoms with Crippen LogP contribution < -0.4 is 5.73 Å². The maximum absolute atomic E-state index is 6.01. The molecule has 0 aliphatic heterocycles. The van der Waals surface area contributed by atoms with Gasteiger partial charge >= 0.3 is 0 Å². The lowest BCUT2D eigenvalue weighted by atomic mass is 10.0. The van der Waals surface area contributed by atoms with E-state index in [1.165, 1.54) is 8.45 Å². The number of nitrogen functional groups attached to an aromatic ring is 1. The second-order valence-corrected chi connectivity index (χ2v) is 7.17. The summed E-state index contributed by atoms with van der Waals surface area (Å²) in [5.74, 6) is 0.542. The lowest BCUT2D eigenvalue weighted by Gasteiger charge is -2.03. The number of hydrogen-bond acceptors (Lipinski definition) is 3. The van der Waals surface area contributed by atoms with Gasteiger partial charge < -0.3 is 5.73 Å². The van der Waals surface area contributed by atoms with Crippen molar-refractivity contribution < 1.29 is 0 Å². The number of anilines is 1. The topological polar surface area (TPSA) is 54.7 Å². The van der Waals surface area contributed by atoms with E-state index in [2.05, 4.69) is 75.4 Å². The number of hydrogen-bond donors (Lipinski definition) is 2. The third-order valence-electron chi connectivity index (χ3n) is 2.99. The summed E-state index contributed by atoms with van der Waals surface area (Å²) in [7, 11) is 0. The Morgan fingerprint density at radius 2 is 1.95 bits per heavy atom. The molecule has 1 aromatic carbocycles. The van der Waals surface area contributed by atoms with Gasteiger partial charge in [-0.25, -0.2) is 0 Å². The lowest BCUT2D eigenvalue weighted by Crippen LogP contribution is -1.88. The third-order valence-corrected chi connectivity index (χ3v) is 4.78. The van der Waals surface area contributed by atoms with Crippen LogP contribution in [0.3, 0.4) is 0 Å². The maximum Gasteiger partial charge on any atom is 0.153 e. The number of benzene rings is 1. The molecule has 3 N–H and O–H groups in total. The molecule has 0 spiro atoms. The highest BCUT2D eigenvalue weighted by molar-refractivity contribution is 14.1. The largest absolute Gasteiger partial charge is 0.382 e. The number of thiophene rings is 1. The molecule has 3 nitrogen and oxygen atoms in total. The van der Waals surface area contributed by atoms with Crippen molar-refractivity contribution in [2.75, 3.05) is 5.73 Å². The van der Waals surface area contributed by atoms with E-state index in [9.17, 15) is 0 Å². The Bertz CT molecular complexity index is 713. The molecule has 0 fully saturated rings. The fourth-order valence-electron chi connectivity index (χ4n) is 2.02. The van der Waals surface area contributed by atoms with Gasteiger partial charge in [0.15, 0.2) is 5.82 Å². The minimum absolute atomic E-state index is 0.542. The number of halogens is 1. The van der Waals surface area contributed by atoms with E-state index in [4.69, 9.17) is 5.73 Å². The Morgan fingerprint density at radius 1 is 1.21 bits per heavy atom. The summed E-state index contributed by atoms with van der Waals surface area (Å²) >= 11 is 4.03. The average Bonchev–Trinajstić information content (AvgIpc) is 2.97. The van der Waals surface area contributed by atoms with Gasteiger partial charge in [0.25, 0.3) is 0 Å². The van der Waals surface area contributed by atoms with E-state index < -0.39 is 0 Å². The molecule has 0 atom stereocenters. The molecule has 2 aromatic heterocycles. The van der Waals surface area contributed by atoms with E-state index in [0.717, 1.165) is 22.4 Å². The van der Waals surface area contributed by atoms with Gasteiger partial charge in [-0.05, 0) is 41.1 Å². The van der Waals surface area contributed by atoms with Crippen molar-refractivity contribution >= 4 is 39.7 Å². The fourth-order valence-corrected chi connectivity index (χ4v) is 3.36. The predicted octanol–water partition coefficient (Wildman–Crippen LogP) is 4.30. The van der Waals surface area contributed by atoms with E-state index in [1.807, 2.05) is 0 Å². The number of rotatable bonds is 2. The van der Waals surface area contributed by atoms with Gasteiger partial charge in [-0.3, -0.25) is 5.10 Å². The molecular formula is C14H12IN3S. The normalized spacial score (nSPS) is 10.8. The minimum atomic E-state index is 0.542. The van der Waals surface area contributed by atoms with Gasteiger partial charge in [0.1, 0.15) is 0 Å². The van der Waals surface area contributed by atoms with Crippen LogP contribution in [0.25, 0.3) is 22.4 Å². The van der Waals surface area contributed by atoms with Crippen LogP contribution in [0.15, 0.2) is 35.7 Å². The summed E-state index contributed by atoms with van der Waals surface area (Å²) in [6.07, 6.45) is 0. The molecule has 19 heavy (non-hydrogen) atoms. The lowest BCUT2D eigenvalue weighted by molar-refractivity contribution is 1.10. The molecule has 0 saturated carbocycles. The van der Waals surface area contributed by atoms with Gasteiger partial charge in [-0.15, -0.1) is 11.3 Å². The number of nitrogens with two attached hydrogens (primary N) is 1. The molecule has 0 aliphatic rings. The monoisotopic (exact) mass is 381 g/mol. The van der Waals surface area contributed by atoms with Crippen LogP contribution in [-0.4, -0.2) is 10.2 Å². The molecule has 0 unspecified atom stereocenters. The summed E-state index contributed by atoms with van der Waals surface area (Å²) in [4.78, 5) is 0. The van der Waals surface area contributed by atoms with Crippen LogP contribution in [0.2, 0.25) is 0 Å². The summed E-state index contributed by atoms with van der Waals surface area (Å²) < 4.78 is 1.25. The van der Waals surface area contributed by atoms with E-state index in [-0.39, 0.29) is 0 Å². The van der Waals surface area contributed by atoms with Crippen molar-refractivity contribution in [2.24, 2.45) is 0 Å². The Balaban J connectivity index is 2.16. The van der Waals surface area contributed by atoms with Crippen LogP contribution in [0.5, 0.6) is 0 Å². The number of nitrogens with zero attached hydrogens (tertiary/aromatic N) is 1. The van der Waals surface area contributed by atoms with Crippen LogP contribution in [-0.2, 0) is 0 Å². The van der Waals surface area contributed by atoms with Gasteiger partial charge in [0, 0.05) is 10.9 Å². The van der Waals surface area contributed by atoms with Gasteiger partial charge in [-0.2, -0.15) is 5.10 Å². The van der Waals surface area contributed by atoms with Crippen molar-refractivity contribution in [3.63, 3.8) is 0 Å². The first kappa shape index (κ1) is 12.7. The Labute approximate surface area is 129 Å². The van der Waals surface area contributed by atoms with Crippen molar-refractivity contribution in [2.45, 2.75) is 6.92 Å². The zero-order valence-corrected chi connectivity index (χ0v) is 13.2. The SMILES string of the molecule is Cc1ccc(-c2c(N)n[nH]c2-c2csc(I)c2)cc1. The van der Waals surface area contributed by atoms with Gasteiger partial charge in [0.05, 0.1) is 14.1 Å². The summed E-state index contributed by atoms with van der Waals surface area (Å²) in [6.45, 7) is 2.07. The van der Waals surface area contributed by atoms with Gasteiger partial charge in [0.2, 0.25) is 0 Å². The standard InChI is InChI=1S/C14H12IN3S/c1-8-2-4-9(5-3-8)12-13(17-18-14(12)16)10-6-11(15)19-7-10/h2-7H,1H3,(H3,16,17,18). The smallest absolute Gasteiger partial charge is 0.153 e. The number of aromatic amines is 1. The highest BCUT2D eigenvalue weighted by Gasteiger charge is 2.15. The molecule has 96 valence electrons.